The number of rotatable bonds is 23. The molecule has 6 nitrogen and oxygen atoms in total. The second-order valence-electron chi connectivity index (χ2n) is 9.07. The Balaban J connectivity index is 0. The van der Waals surface area contributed by atoms with Gasteiger partial charge in [-0.05, 0) is 12.8 Å². The van der Waals surface area contributed by atoms with E-state index in [1.165, 1.54) is 89.9 Å². The molecule has 0 aromatic heterocycles. The minimum atomic E-state index is -0.952. The summed E-state index contributed by atoms with van der Waals surface area (Å²) in [6.45, 7) is 3.97. The zero-order valence-electron chi connectivity index (χ0n) is 21.7. The second-order valence-corrected chi connectivity index (χ2v) is 9.07. The summed E-state index contributed by atoms with van der Waals surface area (Å²) in [5.74, 6) is -0.941. The number of carboxylic acids is 1. The number of hydrogen-bond acceptors (Lipinski definition) is 5. The summed E-state index contributed by atoms with van der Waals surface area (Å²) in [7, 11) is 0. The molecule has 0 aromatic carbocycles. The van der Waals surface area contributed by atoms with Crippen LogP contribution in [0, 0.1) is 0 Å². The van der Waals surface area contributed by atoms with Gasteiger partial charge in [-0.1, -0.05) is 117 Å². The van der Waals surface area contributed by atoms with Crippen LogP contribution in [0.1, 0.15) is 142 Å². The van der Waals surface area contributed by atoms with Crippen molar-refractivity contribution >= 4 is 11.9 Å². The number of aliphatic hydroxyl groups excluding tert-OH is 2. The molecule has 0 saturated carbocycles. The van der Waals surface area contributed by atoms with Crippen LogP contribution in [0.15, 0.2) is 0 Å². The van der Waals surface area contributed by atoms with Crippen molar-refractivity contribution in [3.05, 3.63) is 0 Å². The molecule has 0 aliphatic carbocycles. The van der Waals surface area contributed by atoms with Crippen LogP contribution in [0.4, 0.5) is 0 Å². The summed E-state index contributed by atoms with van der Waals surface area (Å²) in [6.07, 6.45) is 21.9. The number of hydrogen-bond donors (Lipinski definition) is 3. The number of carboxylic acid groups (broad SMARTS) is 1. The van der Waals surface area contributed by atoms with Crippen LogP contribution in [0.5, 0.6) is 0 Å². The molecule has 0 bridgehead atoms. The molecule has 0 aromatic rings. The molecular weight excluding hydrogens is 420 g/mol. The Morgan fingerprint density at radius 1 is 0.636 bits per heavy atom. The minimum Gasteiger partial charge on any atom is -0.481 e. The SMILES string of the molecule is CCCCCCCCCCCC(=O)O.CCCCCCCCCCCC(=O)OCC(O)CO. The highest BCUT2D eigenvalue weighted by Crippen LogP contribution is 2.11. The third-order valence-corrected chi connectivity index (χ3v) is 5.63. The van der Waals surface area contributed by atoms with Gasteiger partial charge < -0.3 is 20.1 Å². The Labute approximate surface area is 203 Å². The van der Waals surface area contributed by atoms with E-state index in [2.05, 4.69) is 13.8 Å². The van der Waals surface area contributed by atoms with E-state index in [-0.39, 0.29) is 19.2 Å². The lowest BCUT2D eigenvalue weighted by molar-refractivity contribution is -0.147. The van der Waals surface area contributed by atoms with E-state index < -0.39 is 12.1 Å². The van der Waals surface area contributed by atoms with Gasteiger partial charge >= 0.3 is 11.9 Å². The van der Waals surface area contributed by atoms with E-state index >= 15 is 0 Å². The number of ether oxygens (including phenoxy) is 1. The highest BCUT2D eigenvalue weighted by Gasteiger charge is 2.07. The van der Waals surface area contributed by atoms with Crippen molar-refractivity contribution in [2.45, 2.75) is 148 Å². The van der Waals surface area contributed by atoms with Crippen molar-refractivity contribution in [2.24, 2.45) is 0 Å². The maximum absolute atomic E-state index is 11.3. The van der Waals surface area contributed by atoms with E-state index in [1.807, 2.05) is 0 Å². The smallest absolute Gasteiger partial charge is 0.305 e. The predicted octanol–water partition coefficient (Wildman–Crippen LogP) is 6.80. The Morgan fingerprint density at radius 3 is 1.36 bits per heavy atom. The van der Waals surface area contributed by atoms with E-state index in [0.29, 0.717) is 12.8 Å². The van der Waals surface area contributed by atoms with Gasteiger partial charge in [0.05, 0.1) is 6.61 Å². The number of carbonyl (C=O) groups excluding carboxylic acids is 1. The molecule has 3 N–H and O–H groups in total. The third-order valence-electron chi connectivity index (χ3n) is 5.63. The topological polar surface area (TPSA) is 104 Å². The molecule has 198 valence electrons. The molecule has 0 saturated heterocycles. The lowest BCUT2D eigenvalue weighted by Crippen LogP contribution is -2.21. The van der Waals surface area contributed by atoms with Gasteiger partial charge in [-0.25, -0.2) is 0 Å². The molecule has 0 radical (unpaired) electrons. The number of carbonyl (C=O) groups is 2. The van der Waals surface area contributed by atoms with E-state index in [1.54, 1.807) is 0 Å². The van der Waals surface area contributed by atoms with Crippen molar-refractivity contribution in [1.82, 2.24) is 0 Å². The zero-order chi connectivity index (χ0) is 25.0. The molecule has 33 heavy (non-hydrogen) atoms. The van der Waals surface area contributed by atoms with Crippen molar-refractivity contribution in [2.75, 3.05) is 13.2 Å². The largest absolute Gasteiger partial charge is 0.481 e. The Bertz CT molecular complexity index is 413. The Kier molecular flexibility index (Phi) is 29.8. The molecule has 0 aliphatic rings. The Hall–Kier alpha value is -1.14. The summed E-state index contributed by atoms with van der Waals surface area (Å²) < 4.78 is 4.82. The molecule has 0 spiro atoms. The maximum Gasteiger partial charge on any atom is 0.305 e. The summed E-state index contributed by atoms with van der Waals surface area (Å²) in [6, 6.07) is 0. The quantitative estimate of drug-likeness (QED) is 0.111. The van der Waals surface area contributed by atoms with Crippen LogP contribution in [0.3, 0.4) is 0 Å². The average Bonchev–Trinajstić information content (AvgIpc) is 2.80. The fourth-order valence-electron chi connectivity index (χ4n) is 3.48. The summed E-state index contributed by atoms with van der Waals surface area (Å²) in [4.78, 5) is 21.5. The van der Waals surface area contributed by atoms with Crippen LogP contribution in [0.2, 0.25) is 0 Å². The molecule has 0 fully saturated rings. The van der Waals surface area contributed by atoms with Gasteiger partial charge in [-0.15, -0.1) is 0 Å². The van der Waals surface area contributed by atoms with Gasteiger partial charge in [0.2, 0.25) is 0 Å². The zero-order valence-corrected chi connectivity index (χ0v) is 21.7. The standard InChI is InChI=1S/C15H30O4.C12H24O2/c1-2-3-4-5-6-7-8-9-10-11-15(18)19-13-14(17)12-16;1-2-3-4-5-6-7-8-9-10-11-12(13)14/h14,16-17H,2-13H2,1H3;2-11H2,1H3,(H,13,14). The Morgan fingerprint density at radius 2 is 1.00 bits per heavy atom. The highest BCUT2D eigenvalue weighted by atomic mass is 16.5. The summed E-state index contributed by atoms with van der Waals surface area (Å²) in [5.41, 5.74) is 0. The normalized spacial score (nSPS) is 11.5. The van der Waals surface area contributed by atoms with Crippen LogP contribution in [-0.4, -0.2) is 46.6 Å². The average molecular weight is 475 g/mol. The highest BCUT2D eigenvalue weighted by molar-refractivity contribution is 5.69. The van der Waals surface area contributed by atoms with E-state index in [0.717, 1.165) is 25.7 Å². The molecular formula is C27H54O6. The fourth-order valence-corrected chi connectivity index (χ4v) is 3.48. The first-order valence-electron chi connectivity index (χ1n) is 13.6. The number of esters is 1. The van der Waals surface area contributed by atoms with Crippen LogP contribution < -0.4 is 0 Å². The van der Waals surface area contributed by atoms with Gasteiger partial charge in [0.25, 0.3) is 0 Å². The molecule has 6 heteroatoms. The first kappa shape index (κ1) is 34.0. The maximum atomic E-state index is 11.3. The number of unbranched alkanes of at least 4 members (excludes halogenated alkanes) is 16. The van der Waals surface area contributed by atoms with Gasteiger partial charge in [-0.3, -0.25) is 9.59 Å². The number of aliphatic carboxylic acids is 1. The fraction of sp³-hybridized carbons (Fsp3) is 0.926. The lowest BCUT2D eigenvalue weighted by Gasteiger charge is -2.08. The molecule has 0 amide bonds. The van der Waals surface area contributed by atoms with Gasteiger partial charge in [0, 0.05) is 12.8 Å². The monoisotopic (exact) mass is 474 g/mol. The summed E-state index contributed by atoms with van der Waals surface area (Å²) in [5, 5.41) is 26.0. The van der Waals surface area contributed by atoms with Crippen LogP contribution in [0.25, 0.3) is 0 Å². The second kappa shape index (κ2) is 28.9. The first-order valence-corrected chi connectivity index (χ1v) is 13.6. The van der Waals surface area contributed by atoms with Crippen molar-refractivity contribution in [1.29, 1.82) is 0 Å². The van der Waals surface area contributed by atoms with Crippen LogP contribution in [-0.2, 0) is 14.3 Å². The van der Waals surface area contributed by atoms with Gasteiger partial charge in [-0.2, -0.15) is 0 Å². The van der Waals surface area contributed by atoms with Crippen molar-refractivity contribution in [3.63, 3.8) is 0 Å². The minimum absolute atomic E-state index is 0.104. The van der Waals surface area contributed by atoms with Crippen molar-refractivity contribution in [3.8, 4) is 0 Å². The van der Waals surface area contributed by atoms with Gasteiger partial charge in [0.1, 0.15) is 12.7 Å². The molecule has 1 atom stereocenters. The van der Waals surface area contributed by atoms with Crippen molar-refractivity contribution < 1.29 is 29.6 Å². The molecule has 1 unspecified atom stereocenters. The molecule has 0 rings (SSSR count). The van der Waals surface area contributed by atoms with E-state index in [9.17, 15) is 9.59 Å². The first-order chi connectivity index (χ1) is 16.0. The summed E-state index contributed by atoms with van der Waals surface area (Å²) >= 11 is 0. The van der Waals surface area contributed by atoms with Crippen LogP contribution >= 0.6 is 0 Å². The lowest BCUT2D eigenvalue weighted by atomic mass is 10.1. The van der Waals surface area contributed by atoms with Gasteiger partial charge in [0.15, 0.2) is 0 Å². The predicted molar refractivity (Wildman–Crippen MR) is 135 cm³/mol. The van der Waals surface area contributed by atoms with E-state index in [4.69, 9.17) is 20.1 Å². The third kappa shape index (κ3) is 33.1. The molecule has 0 heterocycles. The number of aliphatic hydroxyl groups is 2. The molecule has 0 aliphatic heterocycles.